The largest absolute Gasteiger partial charge is 0.324 e. The Bertz CT molecular complexity index is 501. The van der Waals surface area contributed by atoms with Gasteiger partial charge in [-0.15, -0.1) is 0 Å². The van der Waals surface area contributed by atoms with Gasteiger partial charge in [0.2, 0.25) is 5.91 Å². The summed E-state index contributed by atoms with van der Waals surface area (Å²) in [6.07, 6.45) is 2.47. The van der Waals surface area contributed by atoms with Gasteiger partial charge < -0.3 is 5.32 Å². The van der Waals surface area contributed by atoms with E-state index in [1.807, 2.05) is 12.1 Å². The average Bonchev–Trinajstić information content (AvgIpc) is 2.36. The summed E-state index contributed by atoms with van der Waals surface area (Å²) in [6, 6.07) is 4.07. The number of rotatable bonds is 3. The molecule has 1 heterocycles. The van der Waals surface area contributed by atoms with Gasteiger partial charge in [0.05, 0.1) is 12.2 Å². The zero-order valence-electron chi connectivity index (χ0n) is 12.5. The second kappa shape index (κ2) is 6.72. The topological polar surface area (TPSA) is 32.3 Å². The number of likely N-dealkylation sites (tertiary alicyclic amines) is 1. The number of aryl methyl sites for hydroxylation is 2. The van der Waals surface area contributed by atoms with Gasteiger partial charge in [-0.1, -0.05) is 6.92 Å². The van der Waals surface area contributed by atoms with Gasteiger partial charge in [0.25, 0.3) is 0 Å². The minimum atomic E-state index is 0.0723. The van der Waals surface area contributed by atoms with Gasteiger partial charge in [0.1, 0.15) is 0 Å². The molecule has 3 nitrogen and oxygen atoms in total. The van der Waals surface area contributed by atoms with Crippen LogP contribution < -0.4 is 5.32 Å². The lowest BCUT2D eigenvalue weighted by Crippen LogP contribution is -2.39. The summed E-state index contributed by atoms with van der Waals surface area (Å²) >= 11 is 3.52. The molecule has 0 unspecified atom stereocenters. The fraction of sp³-hybridized carbons (Fsp3) is 0.562. The number of nitrogens with zero attached hydrogens (tertiary/aromatic N) is 1. The molecule has 110 valence electrons. The number of anilines is 1. The van der Waals surface area contributed by atoms with Crippen LogP contribution in [0.3, 0.4) is 0 Å². The second-order valence-corrected chi connectivity index (χ2v) is 6.80. The highest BCUT2D eigenvalue weighted by Crippen LogP contribution is 2.26. The fourth-order valence-electron chi connectivity index (χ4n) is 2.70. The van der Waals surface area contributed by atoms with Gasteiger partial charge in [-0.2, -0.15) is 0 Å². The van der Waals surface area contributed by atoms with Crippen molar-refractivity contribution in [3.8, 4) is 0 Å². The molecule has 0 saturated carbocycles. The van der Waals surface area contributed by atoms with Crippen molar-refractivity contribution in [2.45, 2.75) is 33.6 Å². The number of nitrogens with one attached hydrogen (secondary N) is 1. The average molecular weight is 339 g/mol. The molecule has 1 aliphatic heterocycles. The van der Waals surface area contributed by atoms with Gasteiger partial charge in [-0.3, -0.25) is 9.69 Å². The summed E-state index contributed by atoms with van der Waals surface area (Å²) < 4.78 is 0.945. The number of hydrogen-bond acceptors (Lipinski definition) is 2. The van der Waals surface area contributed by atoms with Crippen molar-refractivity contribution in [1.29, 1.82) is 0 Å². The van der Waals surface area contributed by atoms with Crippen LogP contribution in [0.5, 0.6) is 0 Å². The first kappa shape index (κ1) is 15.5. The maximum Gasteiger partial charge on any atom is 0.238 e. The Morgan fingerprint density at radius 2 is 2.10 bits per heavy atom. The van der Waals surface area contributed by atoms with Crippen molar-refractivity contribution >= 4 is 27.5 Å². The number of carbonyl (C=O) groups is 1. The normalized spacial score (nSPS) is 19.9. The summed E-state index contributed by atoms with van der Waals surface area (Å²) in [5.41, 5.74) is 3.28. The Morgan fingerprint density at radius 1 is 1.40 bits per heavy atom. The van der Waals surface area contributed by atoms with Crippen LogP contribution in [0.25, 0.3) is 0 Å². The van der Waals surface area contributed by atoms with Crippen LogP contribution in [0.1, 0.15) is 30.9 Å². The molecule has 1 atom stereocenters. The molecule has 4 heteroatoms. The fourth-order valence-corrected chi connectivity index (χ4v) is 3.26. The van der Waals surface area contributed by atoms with Crippen molar-refractivity contribution in [3.05, 3.63) is 27.7 Å². The summed E-state index contributed by atoms with van der Waals surface area (Å²) in [4.78, 5) is 14.4. The van der Waals surface area contributed by atoms with Crippen LogP contribution in [0.15, 0.2) is 16.6 Å². The molecule has 1 aromatic carbocycles. The first-order valence-corrected chi connectivity index (χ1v) is 8.04. The van der Waals surface area contributed by atoms with Gasteiger partial charge in [-0.25, -0.2) is 0 Å². The standard InChI is InChI=1S/C16H23BrN2O/c1-11-5-4-6-19(9-11)10-16(20)18-15-8-13(3)12(2)7-14(15)17/h7-8,11H,4-6,9-10H2,1-3H3,(H,18,20)/t11-/m1/s1. The van der Waals surface area contributed by atoms with Gasteiger partial charge >= 0.3 is 0 Å². The van der Waals surface area contributed by atoms with Crippen molar-refractivity contribution in [3.63, 3.8) is 0 Å². The van der Waals surface area contributed by atoms with E-state index in [-0.39, 0.29) is 5.91 Å². The first-order chi connectivity index (χ1) is 9.45. The predicted molar refractivity (Wildman–Crippen MR) is 87.1 cm³/mol. The molecule has 0 radical (unpaired) electrons. The molecule has 1 amide bonds. The van der Waals surface area contributed by atoms with Crippen LogP contribution in [0.2, 0.25) is 0 Å². The summed E-state index contributed by atoms with van der Waals surface area (Å²) in [5, 5.41) is 3.01. The molecule has 20 heavy (non-hydrogen) atoms. The third-order valence-electron chi connectivity index (χ3n) is 3.97. The van der Waals surface area contributed by atoms with Crippen molar-refractivity contribution in [2.75, 3.05) is 25.0 Å². The van der Waals surface area contributed by atoms with Gasteiger partial charge in [0, 0.05) is 11.0 Å². The number of benzene rings is 1. The molecule has 1 aromatic rings. The lowest BCUT2D eigenvalue weighted by molar-refractivity contribution is -0.117. The molecule has 1 fully saturated rings. The van der Waals surface area contributed by atoms with E-state index in [2.05, 4.69) is 46.9 Å². The molecule has 1 saturated heterocycles. The second-order valence-electron chi connectivity index (χ2n) is 5.95. The van der Waals surface area contributed by atoms with E-state index in [4.69, 9.17) is 0 Å². The minimum Gasteiger partial charge on any atom is -0.324 e. The van der Waals surface area contributed by atoms with Crippen LogP contribution in [0.4, 0.5) is 5.69 Å². The SMILES string of the molecule is Cc1cc(Br)c(NC(=O)CN2CCC[C@@H](C)C2)cc1C. The van der Waals surface area contributed by atoms with Gasteiger partial charge in [0.15, 0.2) is 0 Å². The summed E-state index contributed by atoms with van der Waals surface area (Å²) in [5.74, 6) is 0.771. The summed E-state index contributed by atoms with van der Waals surface area (Å²) in [7, 11) is 0. The van der Waals surface area contributed by atoms with E-state index in [1.54, 1.807) is 0 Å². The van der Waals surface area contributed by atoms with E-state index in [0.29, 0.717) is 12.5 Å². The molecular formula is C16H23BrN2O. The van der Waals surface area contributed by atoms with Crippen LogP contribution >= 0.6 is 15.9 Å². The zero-order valence-corrected chi connectivity index (χ0v) is 14.1. The van der Waals surface area contributed by atoms with E-state index in [9.17, 15) is 4.79 Å². The molecule has 0 bridgehead atoms. The van der Waals surface area contributed by atoms with E-state index >= 15 is 0 Å². The Morgan fingerprint density at radius 3 is 2.80 bits per heavy atom. The number of piperidine rings is 1. The monoisotopic (exact) mass is 338 g/mol. The van der Waals surface area contributed by atoms with Crippen molar-refractivity contribution in [1.82, 2.24) is 4.90 Å². The van der Waals surface area contributed by atoms with Crippen molar-refractivity contribution < 1.29 is 4.79 Å². The van der Waals surface area contributed by atoms with Crippen LogP contribution in [-0.2, 0) is 4.79 Å². The Hall–Kier alpha value is -0.870. The van der Waals surface area contributed by atoms with E-state index < -0.39 is 0 Å². The van der Waals surface area contributed by atoms with Gasteiger partial charge in [-0.05, 0) is 78.3 Å². The third kappa shape index (κ3) is 4.06. The van der Waals surface area contributed by atoms with E-state index in [1.165, 1.54) is 24.0 Å². The predicted octanol–water partition coefficient (Wildman–Crippen LogP) is 3.74. The lowest BCUT2D eigenvalue weighted by atomic mass is 10.0. The highest BCUT2D eigenvalue weighted by molar-refractivity contribution is 9.10. The third-order valence-corrected chi connectivity index (χ3v) is 4.62. The quantitative estimate of drug-likeness (QED) is 0.910. The Balaban J connectivity index is 1.96. The Kier molecular flexibility index (Phi) is 5.22. The maximum absolute atomic E-state index is 12.2. The summed E-state index contributed by atoms with van der Waals surface area (Å²) in [6.45, 7) is 8.94. The van der Waals surface area contributed by atoms with Crippen LogP contribution in [0, 0.1) is 19.8 Å². The minimum absolute atomic E-state index is 0.0723. The maximum atomic E-state index is 12.2. The molecular weight excluding hydrogens is 316 g/mol. The molecule has 0 spiro atoms. The zero-order chi connectivity index (χ0) is 14.7. The van der Waals surface area contributed by atoms with E-state index in [0.717, 1.165) is 23.2 Å². The molecule has 1 aliphatic rings. The Labute approximate surface area is 129 Å². The van der Waals surface area contributed by atoms with Crippen LogP contribution in [-0.4, -0.2) is 30.4 Å². The number of carbonyl (C=O) groups excluding carboxylic acids is 1. The number of amides is 1. The molecule has 2 rings (SSSR count). The number of halogens is 1. The number of hydrogen-bond donors (Lipinski definition) is 1. The smallest absolute Gasteiger partial charge is 0.238 e. The molecule has 1 N–H and O–H groups in total. The lowest BCUT2D eigenvalue weighted by Gasteiger charge is -2.30. The molecule has 0 aliphatic carbocycles. The first-order valence-electron chi connectivity index (χ1n) is 7.24. The molecule has 0 aromatic heterocycles. The highest BCUT2D eigenvalue weighted by Gasteiger charge is 2.18. The highest BCUT2D eigenvalue weighted by atomic mass is 79.9. The van der Waals surface area contributed by atoms with Crippen molar-refractivity contribution in [2.24, 2.45) is 5.92 Å².